The molecule has 0 atom stereocenters. The predicted molar refractivity (Wildman–Crippen MR) is 78.0 cm³/mol. The minimum Gasteiger partial charge on any atom is -0.494 e. The van der Waals surface area contributed by atoms with Gasteiger partial charge in [0.1, 0.15) is 17.3 Å². The first kappa shape index (κ1) is 13.5. The highest BCUT2D eigenvalue weighted by Crippen LogP contribution is 2.32. The van der Waals surface area contributed by atoms with Gasteiger partial charge in [-0.25, -0.2) is 4.68 Å². The number of nitrogens with two attached hydrogens (primary N) is 1. The van der Waals surface area contributed by atoms with Gasteiger partial charge in [-0.1, -0.05) is 32.9 Å². The highest BCUT2D eigenvalue weighted by atomic mass is 16.5. The van der Waals surface area contributed by atoms with Crippen molar-refractivity contribution in [2.45, 2.75) is 33.1 Å². The van der Waals surface area contributed by atoms with Gasteiger partial charge in [0.2, 0.25) is 0 Å². The first-order valence-corrected chi connectivity index (χ1v) is 6.35. The third-order valence-corrected chi connectivity index (χ3v) is 3.19. The molecule has 4 nitrogen and oxygen atoms in total. The van der Waals surface area contributed by atoms with Gasteiger partial charge in [0.25, 0.3) is 0 Å². The standard InChI is InChI=1S/C15H21N3O/c1-10-13(15(2,3)4)17-18(14(10)16)11-8-6-7-9-12(11)19-5/h6-9H,16H2,1-5H3. The normalized spacial score (nSPS) is 11.6. The summed E-state index contributed by atoms with van der Waals surface area (Å²) in [4.78, 5) is 0. The molecule has 0 saturated heterocycles. The largest absolute Gasteiger partial charge is 0.494 e. The van der Waals surface area contributed by atoms with Crippen LogP contribution in [0.3, 0.4) is 0 Å². The zero-order chi connectivity index (χ0) is 14.2. The lowest BCUT2D eigenvalue weighted by Gasteiger charge is -2.16. The van der Waals surface area contributed by atoms with Crippen LogP contribution in [0.1, 0.15) is 32.0 Å². The molecule has 1 aromatic heterocycles. The molecule has 2 N–H and O–H groups in total. The zero-order valence-electron chi connectivity index (χ0n) is 12.2. The van der Waals surface area contributed by atoms with Crippen molar-refractivity contribution in [1.82, 2.24) is 9.78 Å². The van der Waals surface area contributed by atoms with Gasteiger partial charge in [0.15, 0.2) is 0 Å². The van der Waals surface area contributed by atoms with E-state index in [4.69, 9.17) is 10.5 Å². The van der Waals surface area contributed by atoms with Crippen LogP contribution in [0.25, 0.3) is 5.69 Å². The van der Waals surface area contributed by atoms with E-state index in [1.54, 1.807) is 11.8 Å². The van der Waals surface area contributed by atoms with Crippen LogP contribution in [-0.2, 0) is 5.41 Å². The van der Waals surface area contributed by atoms with E-state index in [2.05, 4.69) is 25.9 Å². The number of nitrogens with zero attached hydrogens (tertiary/aromatic N) is 2. The fraction of sp³-hybridized carbons (Fsp3) is 0.400. The van der Waals surface area contributed by atoms with E-state index in [0.29, 0.717) is 5.82 Å². The van der Waals surface area contributed by atoms with Crippen LogP contribution in [0, 0.1) is 6.92 Å². The molecule has 0 saturated carbocycles. The van der Waals surface area contributed by atoms with Crippen LogP contribution < -0.4 is 10.5 Å². The second kappa shape index (κ2) is 4.61. The molecule has 2 aromatic rings. The van der Waals surface area contributed by atoms with E-state index in [1.807, 2.05) is 31.2 Å². The smallest absolute Gasteiger partial charge is 0.144 e. The summed E-state index contributed by atoms with van der Waals surface area (Å²) in [5, 5.41) is 4.67. The summed E-state index contributed by atoms with van der Waals surface area (Å²) < 4.78 is 7.13. The van der Waals surface area contributed by atoms with Gasteiger partial charge in [0, 0.05) is 11.0 Å². The highest BCUT2D eigenvalue weighted by Gasteiger charge is 2.24. The molecule has 0 spiro atoms. The molecular formula is C15H21N3O. The summed E-state index contributed by atoms with van der Waals surface area (Å²) in [7, 11) is 1.65. The van der Waals surface area contributed by atoms with Crippen LogP contribution in [0.5, 0.6) is 5.75 Å². The van der Waals surface area contributed by atoms with Gasteiger partial charge >= 0.3 is 0 Å². The van der Waals surface area contributed by atoms with E-state index in [-0.39, 0.29) is 5.41 Å². The highest BCUT2D eigenvalue weighted by molar-refractivity contribution is 5.55. The quantitative estimate of drug-likeness (QED) is 0.901. The lowest BCUT2D eigenvalue weighted by Crippen LogP contribution is -2.14. The van der Waals surface area contributed by atoms with Crippen molar-refractivity contribution in [3.8, 4) is 11.4 Å². The van der Waals surface area contributed by atoms with E-state index in [1.165, 1.54) is 0 Å². The molecule has 2 rings (SSSR count). The Morgan fingerprint density at radius 2 is 1.84 bits per heavy atom. The molecule has 0 aliphatic carbocycles. The summed E-state index contributed by atoms with van der Waals surface area (Å²) in [5.41, 5.74) is 9.06. The van der Waals surface area contributed by atoms with E-state index in [9.17, 15) is 0 Å². The van der Waals surface area contributed by atoms with Gasteiger partial charge in [-0.05, 0) is 19.1 Å². The number of methoxy groups -OCH3 is 1. The van der Waals surface area contributed by atoms with Crippen LogP contribution in [0.4, 0.5) is 5.82 Å². The second-order valence-corrected chi connectivity index (χ2v) is 5.69. The van der Waals surface area contributed by atoms with Gasteiger partial charge < -0.3 is 10.5 Å². The molecule has 1 aromatic carbocycles. The van der Waals surface area contributed by atoms with Crippen molar-refractivity contribution in [3.63, 3.8) is 0 Å². The maximum Gasteiger partial charge on any atom is 0.144 e. The molecule has 0 aliphatic heterocycles. The van der Waals surface area contributed by atoms with Crippen molar-refractivity contribution in [2.24, 2.45) is 0 Å². The molecule has 0 amide bonds. The van der Waals surface area contributed by atoms with E-state index >= 15 is 0 Å². The van der Waals surface area contributed by atoms with Crippen LogP contribution in [-0.4, -0.2) is 16.9 Å². The molecule has 4 heteroatoms. The Labute approximate surface area is 114 Å². The van der Waals surface area contributed by atoms with Gasteiger partial charge in [-0.2, -0.15) is 5.10 Å². The fourth-order valence-corrected chi connectivity index (χ4v) is 2.21. The molecule has 0 bridgehead atoms. The van der Waals surface area contributed by atoms with Crippen LogP contribution in [0.2, 0.25) is 0 Å². The maximum absolute atomic E-state index is 6.20. The third kappa shape index (κ3) is 2.30. The van der Waals surface area contributed by atoms with E-state index < -0.39 is 0 Å². The Balaban J connectivity index is 2.64. The number of benzene rings is 1. The minimum atomic E-state index is -0.0362. The Kier molecular flexibility index (Phi) is 3.27. The molecule has 0 aliphatic rings. The van der Waals surface area contributed by atoms with Crippen LogP contribution >= 0.6 is 0 Å². The molecular weight excluding hydrogens is 238 g/mol. The number of nitrogen functional groups attached to an aromatic ring is 1. The van der Waals surface area contributed by atoms with Crippen LogP contribution in [0.15, 0.2) is 24.3 Å². The first-order chi connectivity index (χ1) is 8.86. The topological polar surface area (TPSA) is 53.1 Å². The number of hydrogen-bond acceptors (Lipinski definition) is 3. The average Bonchev–Trinajstić information content (AvgIpc) is 2.66. The second-order valence-electron chi connectivity index (χ2n) is 5.69. The summed E-state index contributed by atoms with van der Waals surface area (Å²) in [6.45, 7) is 8.41. The summed E-state index contributed by atoms with van der Waals surface area (Å²) >= 11 is 0. The summed E-state index contributed by atoms with van der Waals surface area (Å²) in [6.07, 6.45) is 0. The van der Waals surface area contributed by atoms with Crippen molar-refractivity contribution in [1.29, 1.82) is 0 Å². The summed E-state index contributed by atoms with van der Waals surface area (Å²) in [6, 6.07) is 7.74. The van der Waals surface area contributed by atoms with Crippen molar-refractivity contribution in [2.75, 3.05) is 12.8 Å². The number of ether oxygens (including phenoxy) is 1. The van der Waals surface area contributed by atoms with E-state index in [0.717, 1.165) is 22.7 Å². The first-order valence-electron chi connectivity index (χ1n) is 6.35. The van der Waals surface area contributed by atoms with Crippen molar-refractivity contribution >= 4 is 5.82 Å². The predicted octanol–water partition coefficient (Wildman–Crippen LogP) is 3.07. The molecule has 19 heavy (non-hydrogen) atoms. The lowest BCUT2D eigenvalue weighted by molar-refractivity contribution is 0.411. The minimum absolute atomic E-state index is 0.0362. The maximum atomic E-state index is 6.20. The van der Waals surface area contributed by atoms with Crippen molar-refractivity contribution < 1.29 is 4.74 Å². The van der Waals surface area contributed by atoms with Gasteiger partial charge in [-0.15, -0.1) is 0 Å². The third-order valence-electron chi connectivity index (χ3n) is 3.19. The fourth-order valence-electron chi connectivity index (χ4n) is 2.21. The Bertz CT molecular complexity index is 594. The summed E-state index contributed by atoms with van der Waals surface area (Å²) in [5.74, 6) is 1.42. The van der Waals surface area contributed by atoms with Gasteiger partial charge in [0.05, 0.1) is 12.8 Å². The van der Waals surface area contributed by atoms with Gasteiger partial charge in [-0.3, -0.25) is 0 Å². The molecule has 102 valence electrons. The Morgan fingerprint density at radius 1 is 1.21 bits per heavy atom. The molecule has 1 heterocycles. The number of rotatable bonds is 2. The lowest BCUT2D eigenvalue weighted by atomic mass is 9.90. The Morgan fingerprint density at radius 3 is 2.37 bits per heavy atom. The number of aromatic nitrogens is 2. The Hall–Kier alpha value is -1.97. The number of anilines is 1. The monoisotopic (exact) mass is 259 g/mol. The molecule has 0 fully saturated rings. The molecule has 0 unspecified atom stereocenters. The SMILES string of the molecule is COc1ccccc1-n1nc(C(C)(C)C)c(C)c1N. The van der Waals surface area contributed by atoms with Crippen molar-refractivity contribution in [3.05, 3.63) is 35.5 Å². The number of hydrogen-bond donors (Lipinski definition) is 1. The molecule has 0 radical (unpaired) electrons. The zero-order valence-corrected chi connectivity index (χ0v) is 12.2. The number of para-hydroxylation sites is 2. The average molecular weight is 259 g/mol.